The van der Waals surface area contributed by atoms with Gasteiger partial charge >= 0.3 is 6.18 Å². The molecule has 1 aliphatic heterocycles. The van der Waals surface area contributed by atoms with E-state index < -0.39 is 12.1 Å². The summed E-state index contributed by atoms with van der Waals surface area (Å²) in [5, 5.41) is 9.33. The lowest BCUT2D eigenvalue weighted by atomic mass is 9.97. The number of hydrogen-bond acceptors (Lipinski definition) is 2. The summed E-state index contributed by atoms with van der Waals surface area (Å²) < 4.78 is 38.0. The molecule has 0 saturated carbocycles. The highest BCUT2D eigenvalue weighted by molar-refractivity contribution is 5.27. The number of likely N-dealkylation sites (tertiary alicyclic amines) is 1. The fourth-order valence-corrected chi connectivity index (χ4v) is 2.38. The van der Waals surface area contributed by atoms with E-state index in [0.717, 1.165) is 5.56 Å². The molecule has 0 spiro atoms. The second-order valence-electron chi connectivity index (χ2n) is 4.79. The van der Waals surface area contributed by atoms with Crippen LogP contribution in [0.15, 0.2) is 24.3 Å². The minimum Gasteiger partial charge on any atom is -0.508 e. The molecule has 2 nitrogen and oxygen atoms in total. The lowest BCUT2D eigenvalue weighted by molar-refractivity contribution is -0.187. The molecule has 1 aromatic rings. The molecule has 5 heteroatoms. The summed E-state index contributed by atoms with van der Waals surface area (Å²) >= 11 is 0. The van der Waals surface area contributed by atoms with Gasteiger partial charge in [0.25, 0.3) is 0 Å². The molecule has 2 rings (SSSR count). The number of piperidine rings is 1. The lowest BCUT2D eigenvalue weighted by Gasteiger charge is -2.33. The topological polar surface area (TPSA) is 23.5 Å². The molecule has 0 bridgehead atoms. The zero-order chi connectivity index (χ0) is 13.2. The number of aromatic hydroxyl groups is 1. The van der Waals surface area contributed by atoms with Crippen molar-refractivity contribution in [2.45, 2.75) is 25.6 Å². The minimum absolute atomic E-state index is 0.0547. The Labute approximate surface area is 104 Å². The van der Waals surface area contributed by atoms with E-state index in [-0.39, 0.29) is 18.7 Å². The number of hydrogen-bond donors (Lipinski definition) is 1. The molecule has 0 aromatic heterocycles. The zero-order valence-electron chi connectivity index (χ0n) is 9.95. The van der Waals surface area contributed by atoms with Crippen LogP contribution in [0.5, 0.6) is 5.75 Å². The molecule has 1 heterocycles. The maximum absolute atomic E-state index is 12.7. The van der Waals surface area contributed by atoms with Gasteiger partial charge in [0.05, 0.1) is 5.92 Å². The van der Waals surface area contributed by atoms with Crippen LogP contribution in [0, 0.1) is 5.92 Å². The van der Waals surface area contributed by atoms with Crippen molar-refractivity contribution in [3.8, 4) is 5.75 Å². The summed E-state index contributed by atoms with van der Waals surface area (Å²) in [5.74, 6) is -1.07. The van der Waals surface area contributed by atoms with Crippen molar-refractivity contribution in [3.63, 3.8) is 0 Å². The van der Waals surface area contributed by atoms with E-state index >= 15 is 0 Å². The van der Waals surface area contributed by atoms with Crippen LogP contribution in [0.25, 0.3) is 0 Å². The average molecular weight is 259 g/mol. The molecule has 1 atom stereocenters. The van der Waals surface area contributed by atoms with Crippen LogP contribution >= 0.6 is 0 Å². The van der Waals surface area contributed by atoms with Gasteiger partial charge in [0.15, 0.2) is 0 Å². The molecule has 1 N–H and O–H groups in total. The van der Waals surface area contributed by atoms with Crippen LogP contribution in [0.1, 0.15) is 18.4 Å². The Kier molecular flexibility index (Phi) is 3.80. The van der Waals surface area contributed by atoms with Crippen LogP contribution in [0.2, 0.25) is 0 Å². The molecule has 0 amide bonds. The first-order chi connectivity index (χ1) is 8.45. The SMILES string of the molecule is Oc1cccc(CN2CCCC(C(F)(F)F)C2)c1. The summed E-state index contributed by atoms with van der Waals surface area (Å²) in [4.78, 5) is 1.80. The molecule has 0 aliphatic carbocycles. The highest BCUT2D eigenvalue weighted by atomic mass is 19.4. The van der Waals surface area contributed by atoms with Gasteiger partial charge in [-0.1, -0.05) is 12.1 Å². The van der Waals surface area contributed by atoms with Crippen LogP contribution < -0.4 is 0 Å². The van der Waals surface area contributed by atoms with E-state index in [0.29, 0.717) is 19.5 Å². The molecular formula is C13H16F3NO. The molecule has 100 valence electrons. The second-order valence-corrected chi connectivity index (χ2v) is 4.79. The summed E-state index contributed by atoms with van der Waals surface area (Å²) in [6.45, 7) is 1.20. The van der Waals surface area contributed by atoms with Gasteiger partial charge in [0.1, 0.15) is 5.75 Å². The molecule has 1 aromatic carbocycles. The highest BCUT2D eigenvalue weighted by Gasteiger charge is 2.41. The average Bonchev–Trinajstić information content (AvgIpc) is 2.28. The van der Waals surface area contributed by atoms with Crippen molar-refractivity contribution in [1.82, 2.24) is 4.90 Å². The van der Waals surface area contributed by atoms with Crippen molar-refractivity contribution in [2.75, 3.05) is 13.1 Å². The smallest absolute Gasteiger partial charge is 0.393 e. The minimum atomic E-state index is -4.10. The Morgan fingerprint density at radius 1 is 1.33 bits per heavy atom. The number of alkyl halides is 3. The van der Waals surface area contributed by atoms with Crippen molar-refractivity contribution in [2.24, 2.45) is 5.92 Å². The maximum atomic E-state index is 12.7. The Morgan fingerprint density at radius 2 is 2.11 bits per heavy atom. The Hall–Kier alpha value is -1.23. The molecule has 18 heavy (non-hydrogen) atoms. The van der Waals surface area contributed by atoms with Gasteiger partial charge in [0, 0.05) is 13.1 Å². The molecule has 1 unspecified atom stereocenters. The molecule has 1 fully saturated rings. The first-order valence-electron chi connectivity index (χ1n) is 6.02. The van der Waals surface area contributed by atoms with E-state index in [9.17, 15) is 18.3 Å². The van der Waals surface area contributed by atoms with Crippen LogP contribution in [-0.4, -0.2) is 29.3 Å². The summed E-state index contributed by atoms with van der Waals surface area (Å²) in [6.07, 6.45) is -3.31. The Morgan fingerprint density at radius 3 is 2.78 bits per heavy atom. The van der Waals surface area contributed by atoms with Gasteiger partial charge < -0.3 is 5.11 Å². The number of phenols is 1. The maximum Gasteiger partial charge on any atom is 0.393 e. The Bertz CT molecular complexity index is 405. The first-order valence-corrected chi connectivity index (χ1v) is 6.02. The first kappa shape index (κ1) is 13.2. The van der Waals surface area contributed by atoms with E-state index in [1.165, 1.54) is 0 Å². The largest absolute Gasteiger partial charge is 0.508 e. The van der Waals surface area contributed by atoms with Crippen LogP contribution in [0.3, 0.4) is 0 Å². The zero-order valence-corrected chi connectivity index (χ0v) is 9.95. The van der Waals surface area contributed by atoms with Crippen LogP contribution in [0.4, 0.5) is 13.2 Å². The van der Waals surface area contributed by atoms with Crippen molar-refractivity contribution in [3.05, 3.63) is 29.8 Å². The van der Waals surface area contributed by atoms with Gasteiger partial charge in [-0.3, -0.25) is 4.90 Å². The lowest BCUT2D eigenvalue weighted by Crippen LogP contribution is -2.41. The third-order valence-electron chi connectivity index (χ3n) is 3.29. The number of benzene rings is 1. The van der Waals surface area contributed by atoms with Gasteiger partial charge in [-0.2, -0.15) is 13.2 Å². The standard InChI is InChI=1S/C13H16F3NO/c14-13(15,16)11-4-2-6-17(9-11)8-10-3-1-5-12(18)7-10/h1,3,5,7,11,18H,2,4,6,8-9H2. The van der Waals surface area contributed by atoms with Gasteiger partial charge in [0.2, 0.25) is 0 Å². The predicted octanol–water partition coefficient (Wildman–Crippen LogP) is 3.17. The van der Waals surface area contributed by atoms with E-state index in [1.807, 2.05) is 6.07 Å². The number of halogens is 3. The van der Waals surface area contributed by atoms with E-state index in [1.54, 1.807) is 23.1 Å². The number of phenolic OH excluding ortho intramolecular Hbond substituents is 1. The quantitative estimate of drug-likeness (QED) is 0.881. The third kappa shape index (κ3) is 3.38. The van der Waals surface area contributed by atoms with E-state index in [4.69, 9.17) is 0 Å². The van der Waals surface area contributed by atoms with Crippen molar-refractivity contribution < 1.29 is 18.3 Å². The van der Waals surface area contributed by atoms with Gasteiger partial charge in [-0.15, -0.1) is 0 Å². The normalized spacial score (nSPS) is 22.1. The molecular weight excluding hydrogens is 243 g/mol. The number of rotatable bonds is 2. The summed E-state index contributed by atoms with van der Waals surface area (Å²) in [5.41, 5.74) is 0.845. The highest BCUT2D eigenvalue weighted by Crippen LogP contribution is 2.33. The third-order valence-corrected chi connectivity index (χ3v) is 3.29. The van der Waals surface area contributed by atoms with Crippen molar-refractivity contribution >= 4 is 0 Å². The second kappa shape index (κ2) is 5.18. The predicted molar refractivity (Wildman–Crippen MR) is 62.2 cm³/mol. The van der Waals surface area contributed by atoms with Gasteiger partial charge in [-0.25, -0.2) is 0 Å². The number of nitrogens with zero attached hydrogens (tertiary/aromatic N) is 1. The van der Waals surface area contributed by atoms with E-state index in [2.05, 4.69) is 0 Å². The monoisotopic (exact) mass is 259 g/mol. The van der Waals surface area contributed by atoms with Gasteiger partial charge in [-0.05, 0) is 37.1 Å². The van der Waals surface area contributed by atoms with Crippen LogP contribution in [-0.2, 0) is 6.54 Å². The van der Waals surface area contributed by atoms with Crippen molar-refractivity contribution in [1.29, 1.82) is 0 Å². The fourth-order valence-electron chi connectivity index (χ4n) is 2.38. The summed E-state index contributed by atoms with van der Waals surface area (Å²) in [6, 6.07) is 6.67. The summed E-state index contributed by atoms with van der Waals surface area (Å²) in [7, 11) is 0. The molecule has 0 radical (unpaired) electrons. The molecule has 1 saturated heterocycles. The Balaban J connectivity index is 1.98. The fraction of sp³-hybridized carbons (Fsp3) is 0.538. The molecule has 1 aliphatic rings.